The molecule has 1 nitrogen and oxygen atoms in total. The van der Waals surface area contributed by atoms with Gasteiger partial charge >= 0.3 is 0 Å². The summed E-state index contributed by atoms with van der Waals surface area (Å²) in [6.07, 6.45) is 8.51. The Morgan fingerprint density at radius 1 is 0.944 bits per heavy atom. The number of hydrogen-bond donors (Lipinski definition) is 0. The van der Waals surface area contributed by atoms with Crippen molar-refractivity contribution in [2.24, 2.45) is 0 Å². The summed E-state index contributed by atoms with van der Waals surface area (Å²) in [6.45, 7) is 4.92. The first-order valence-electron chi connectivity index (χ1n) is 7.13. The van der Waals surface area contributed by atoms with Gasteiger partial charge in [0.25, 0.3) is 0 Å². The lowest BCUT2D eigenvalue weighted by molar-refractivity contribution is 0.767. The number of nitrogens with zero attached hydrogens (tertiary/aromatic N) is 1. The fraction of sp³-hybridized carbons (Fsp3) is 0.667. The van der Waals surface area contributed by atoms with Crippen molar-refractivity contribution in [1.29, 1.82) is 0 Å². The van der Waals surface area contributed by atoms with Gasteiger partial charge in [-0.3, -0.25) is 4.98 Å². The Balaban J connectivity index is 1.84. The number of hydrogen-bond acceptors (Lipinski definition) is 1. The summed E-state index contributed by atoms with van der Waals surface area (Å²) in [7, 11) is 0.405. The van der Waals surface area contributed by atoms with Crippen molar-refractivity contribution in [2.75, 3.05) is 25.7 Å². The molecule has 1 aromatic rings. The van der Waals surface area contributed by atoms with Crippen LogP contribution in [0.25, 0.3) is 0 Å². The highest BCUT2D eigenvalue weighted by Gasteiger charge is 2.28. The summed E-state index contributed by atoms with van der Waals surface area (Å²) >= 11 is 0. The Hall–Kier alpha value is 0.01000. The van der Waals surface area contributed by atoms with E-state index in [-0.39, 0.29) is 15.8 Å². The maximum absolute atomic E-state index is 5.07. The molecule has 2 unspecified atom stereocenters. The number of pyridine rings is 1. The van der Waals surface area contributed by atoms with E-state index in [0.717, 1.165) is 11.3 Å². The van der Waals surface area contributed by atoms with Gasteiger partial charge in [0.15, 0.2) is 0 Å². The van der Waals surface area contributed by atoms with Gasteiger partial charge in [0.1, 0.15) is 0 Å². The van der Waals surface area contributed by atoms with Crippen molar-refractivity contribution in [2.45, 2.75) is 37.0 Å². The van der Waals surface area contributed by atoms with E-state index in [0.29, 0.717) is 0 Å². The van der Waals surface area contributed by atoms with E-state index >= 15 is 0 Å². The van der Waals surface area contributed by atoms with E-state index in [4.69, 9.17) is 4.98 Å². The van der Waals surface area contributed by atoms with E-state index in [1.807, 2.05) is 0 Å². The molecule has 4 atom stereocenters. The maximum Gasteiger partial charge on any atom is 0.0480 e. The van der Waals surface area contributed by atoms with Gasteiger partial charge in [-0.2, -0.15) is 0 Å². The van der Waals surface area contributed by atoms with Gasteiger partial charge in [0, 0.05) is 22.7 Å². The second-order valence-electron chi connectivity index (χ2n) is 5.76. The Bertz CT molecular complexity index is 385. The Morgan fingerprint density at radius 2 is 1.44 bits per heavy atom. The van der Waals surface area contributed by atoms with Crippen LogP contribution in [0.5, 0.6) is 0 Å². The lowest BCUT2D eigenvalue weighted by Gasteiger charge is -2.19. The molecule has 0 N–H and O–H groups in total. The maximum atomic E-state index is 5.07. The Morgan fingerprint density at radius 3 is 1.83 bits per heavy atom. The van der Waals surface area contributed by atoms with Crippen molar-refractivity contribution in [3.63, 3.8) is 0 Å². The fourth-order valence-corrected chi connectivity index (χ4v) is 7.83. The first-order chi connectivity index (χ1) is 8.75. The molecule has 3 rings (SSSR count). The van der Waals surface area contributed by atoms with Gasteiger partial charge in [-0.1, -0.05) is 6.07 Å². The smallest absolute Gasteiger partial charge is 0.0480 e. The molecule has 98 valence electrons. The molecule has 1 aromatic heterocycles. The van der Waals surface area contributed by atoms with Crippen molar-refractivity contribution in [3.05, 3.63) is 29.6 Å². The molecule has 2 fully saturated rings. The van der Waals surface area contributed by atoms with Crippen LogP contribution in [-0.2, 0) is 0 Å². The van der Waals surface area contributed by atoms with Crippen LogP contribution in [0.15, 0.2) is 18.2 Å². The summed E-state index contributed by atoms with van der Waals surface area (Å²) in [5.41, 5.74) is 4.41. The largest absolute Gasteiger partial charge is 0.257 e. The first-order valence-corrected chi connectivity index (χ1v) is 11.2. The molecule has 0 saturated carbocycles. The third-order valence-electron chi connectivity index (χ3n) is 4.52. The molecule has 2 aliphatic heterocycles. The Labute approximate surface area is 113 Å². The van der Waals surface area contributed by atoms with Crippen LogP contribution in [0.4, 0.5) is 0 Å². The van der Waals surface area contributed by atoms with E-state index in [2.05, 4.69) is 31.5 Å². The predicted octanol–water partition coefficient (Wildman–Crippen LogP) is 4.97. The highest BCUT2D eigenvalue weighted by Crippen LogP contribution is 2.58. The second-order valence-corrected chi connectivity index (χ2v) is 10.9. The van der Waals surface area contributed by atoms with Crippen LogP contribution in [0.2, 0.25) is 0 Å². The lowest BCUT2D eigenvalue weighted by Crippen LogP contribution is -2.01. The standard InChI is InChI=1S/C15H23NP2/c1-17-10-4-8-14(17)12-6-3-7-13(16-12)15-9-5-11-18(15)2/h3,6-7,14-15H,4-5,8-11H2,1-2H3/t14-,15-,17?,18?/m1/s1. The summed E-state index contributed by atoms with van der Waals surface area (Å²) < 4.78 is 0. The molecule has 0 amide bonds. The Kier molecular flexibility index (Phi) is 4.02. The molecule has 2 aliphatic rings. The van der Waals surface area contributed by atoms with Crippen LogP contribution in [-0.4, -0.2) is 30.6 Å². The molecule has 0 aromatic carbocycles. The van der Waals surface area contributed by atoms with Gasteiger partial charge < -0.3 is 0 Å². The lowest BCUT2D eigenvalue weighted by atomic mass is 10.1. The average Bonchev–Trinajstić information content (AvgIpc) is 2.98. The fourth-order valence-electron chi connectivity index (χ4n) is 3.41. The van der Waals surface area contributed by atoms with Crippen molar-refractivity contribution < 1.29 is 0 Å². The van der Waals surface area contributed by atoms with Crippen LogP contribution in [0.1, 0.15) is 48.4 Å². The zero-order valence-corrected chi connectivity index (χ0v) is 13.3. The molecular weight excluding hydrogens is 256 g/mol. The molecule has 3 heterocycles. The first kappa shape index (κ1) is 13.0. The summed E-state index contributed by atoms with van der Waals surface area (Å²) in [6, 6.07) is 6.83. The molecule has 3 heteroatoms. The topological polar surface area (TPSA) is 12.9 Å². The zero-order chi connectivity index (χ0) is 12.5. The van der Waals surface area contributed by atoms with Crippen molar-refractivity contribution in [1.82, 2.24) is 4.98 Å². The number of rotatable bonds is 2. The molecule has 0 radical (unpaired) electrons. The molecule has 0 bridgehead atoms. The zero-order valence-electron chi connectivity index (χ0n) is 11.5. The van der Waals surface area contributed by atoms with Crippen LogP contribution in [0, 0.1) is 0 Å². The predicted molar refractivity (Wildman–Crippen MR) is 83.6 cm³/mol. The van der Waals surface area contributed by atoms with Gasteiger partial charge in [0.2, 0.25) is 0 Å². The third kappa shape index (κ3) is 2.50. The van der Waals surface area contributed by atoms with Crippen LogP contribution < -0.4 is 0 Å². The molecule has 18 heavy (non-hydrogen) atoms. The van der Waals surface area contributed by atoms with Gasteiger partial charge in [-0.15, -0.1) is 15.8 Å². The summed E-state index contributed by atoms with van der Waals surface area (Å²) in [5.74, 6) is 0. The monoisotopic (exact) mass is 279 g/mol. The van der Waals surface area contributed by atoms with E-state index in [9.17, 15) is 0 Å². The third-order valence-corrected chi connectivity index (χ3v) is 9.73. The SMILES string of the molecule is CP1CCC[C@@H]1c1cccc([C@H]2CCCP2C)n1. The highest BCUT2D eigenvalue weighted by molar-refractivity contribution is 7.57. The minimum atomic E-state index is 0.202. The van der Waals surface area contributed by atoms with E-state index in [1.54, 1.807) is 0 Å². The van der Waals surface area contributed by atoms with Gasteiger partial charge in [-0.05, 0) is 63.5 Å². The van der Waals surface area contributed by atoms with Gasteiger partial charge in [0.05, 0.1) is 0 Å². The molecule has 2 saturated heterocycles. The minimum absolute atomic E-state index is 0.202. The molecule has 0 spiro atoms. The number of aromatic nitrogens is 1. The summed E-state index contributed by atoms with van der Waals surface area (Å²) in [4.78, 5) is 5.07. The normalized spacial score (nSPS) is 36.1. The van der Waals surface area contributed by atoms with Crippen molar-refractivity contribution >= 4 is 15.8 Å². The van der Waals surface area contributed by atoms with Crippen LogP contribution in [0.3, 0.4) is 0 Å². The average molecular weight is 279 g/mol. The van der Waals surface area contributed by atoms with Gasteiger partial charge in [-0.25, -0.2) is 0 Å². The quantitative estimate of drug-likeness (QED) is 0.696. The van der Waals surface area contributed by atoms with E-state index in [1.165, 1.54) is 49.4 Å². The second kappa shape index (κ2) is 5.56. The van der Waals surface area contributed by atoms with Crippen LogP contribution >= 0.6 is 15.8 Å². The van der Waals surface area contributed by atoms with Crippen molar-refractivity contribution in [3.8, 4) is 0 Å². The highest BCUT2D eigenvalue weighted by atomic mass is 31.1. The minimum Gasteiger partial charge on any atom is -0.257 e. The van der Waals surface area contributed by atoms with E-state index < -0.39 is 0 Å². The molecule has 0 aliphatic carbocycles. The molecular formula is C15H23NP2. The summed E-state index contributed by atoms with van der Waals surface area (Å²) in [5, 5.41) is 0.